The minimum Gasteiger partial charge on any atom is -0.344 e. The molecule has 0 saturated carbocycles. The molecule has 6 nitrogen and oxygen atoms in total. The van der Waals surface area contributed by atoms with Crippen LogP contribution in [0.3, 0.4) is 0 Å². The van der Waals surface area contributed by atoms with Crippen molar-refractivity contribution in [3.05, 3.63) is 35.4 Å². The number of likely N-dealkylation sites (N-methyl/N-ethyl adjacent to an activating group) is 1. The second-order valence-corrected chi connectivity index (χ2v) is 6.91. The zero-order chi connectivity index (χ0) is 15.5. The van der Waals surface area contributed by atoms with E-state index in [0.29, 0.717) is 30.5 Å². The van der Waals surface area contributed by atoms with Gasteiger partial charge in [-0.05, 0) is 18.1 Å². The zero-order valence-electron chi connectivity index (χ0n) is 11.7. The molecule has 1 aromatic carbocycles. The summed E-state index contributed by atoms with van der Waals surface area (Å²) in [7, 11) is -1.89. The summed E-state index contributed by atoms with van der Waals surface area (Å²) in [5.41, 5.74) is 0.839. The molecule has 0 aromatic heterocycles. The van der Waals surface area contributed by atoms with Crippen LogP contribution < -0.4 is 4.72 Å². The van der Waals surface area contributed by atoms with Crippen LogP contribution in [0, 0.1) is 11.3 Å². The molecule has 0 radical (unpaired) electrons. The third kappa shape index (κ3) is 4.03. The van der Waals surface area contributed by atoms with Crippen molar-refractivity contribution in [3.8, 4) is 6.07 Å². The van der Waals surface area contributed by atoms with Gasteiger partial charge >= 0.3 is 0 Å². The number of sulfonamides is 1. The van der Waals surface area contributed by atoms with E-state index >= 15 is 0 Å². The lowest BCUT2D eigenvalue weighted by Crippen LogP contribution is -2.48. The van der Waals surface area contributed by atoms with Crippen LogP contribution in [0.15, 0.2) is 24.3 Å². The fraction of sp³-hybridized carbons (Fsp3) is 0.429. The van der Waals surface area contributed by atoms with Crippen LogP contribution in [0.5, 0.6) is 0 Å². The zero-order valence-corrected chi connectivity index (χ0v) is 12.6. The van der Waals surface area contributed by atoms with Crippen LogP contribution in [0.2, 0.25) is 0 Å². The van der Waals surface area contributed by atoms with Crippen molar-refractivity contribution in [3.63, 3.8) is 0 Å². The second kappa shape index (κ2) is 6.24. The first-order valence-electron chi connectivity index (χ1n) is 6.63. The number of hydrogen-bond acceptors (Lipinski definition) is 4. The Labute approximate surface area is 124 Å². The quantitative estimate of drug-likeness (QED) is 0.882. The maximum atomic E-state index is 12.2. The van der Waals surface area contributed by atoms with Crippen molar-refractivity contribution in [1.29, 1.82) is 5.26 Å². The molecular weight excluding hydrogens is 290 g/mol. The van der Waals surface area contributed by atoms with Crippen molar-refractivity contribution in [2.45, 2.75) is 24.6 Å². The summed E-state index contributed by atoms with van der Waals surface area (Å²) in [5.74, 6) is -0.203. The van der Waals surface area contributed by atoms with Gasteiger partial charge in [0.25, 0.3) is 0 Å². The Morgan fingerprint density at radius 2 is 2.14 bits per heavy atom. The van der Waals surface area contributed by atoms with E-state index in [1.807, 2.05) is 6.07 Å². The molecule has 7 heteroatoms. The van der Waals surface area contributed by atoms with Gasteiger partial charge in [-0.3, -0.25) is 4.79 Å². The summed E-state index contributed by atoms with van der Waals surface area (Å²) >= 11 is 0. The van der Waals surface area contributed by atoms with Gasteiger partial charge in [0, 0.05) is 26.1 Å². The lowest BCUT2D eigenvalue weighted by Gasteiger charge is -2.29. The number of piperidine rings is 1. The highest BCUT2D eigenvalue weighted by Gasteiger charge is 2.26. The predicted molar refractivity (Wildman–Crippen MR) is 77.6 cm³/mol. The average molecular weight is 307 g/mol. The van der Waals surface area contributed by atoms with E-state index in [4.69, 9.17) is 5.26 Å². The highest BCUT2D eigenvalue weighted by molar-refractivity contribution is 7.88. The number of nitriles is 1. The van der Waals surface area contributed by atoms with Crippen molar-refractivity contribution in [2.75, 3.05) is 13.6 Å². The molecule has 1 N–H and O–H groups in total. The summed E-state index contributed by atoms with van der Waals surface area (Å²) in [6.45, 7) is 0.373. The second-order valence-electron chi connectivity index (χ2n) is 5.16. The van der Waals surface area contributed by atoms with Crippen molar-refractivity contribution in [1.82, 2.24) is 9.62 Å². The normalized spacial score (nSPS) is 19.3. The first-order valence-corrected chi connectivity index (χ1v) is 8.28. The number of benzene rings is 1. The SMILES string of the molecule is CN1CC(NS(=O)(=O)Cc2ccccc2C#N)CCC1=O. The summed E-state index contributed by atoms with van der Waals surface area (Å²) < 4.78 is 27.0. The number of nitrogens with zero attached hydrogens (tertiary/aromatic N) is 2. The molecule has 1 atom stereocenters. The summed E-state index contributed by atoms with van der Waals surface area (Å²) in [4.78, 5) is 12.9. The van der Waals surface area contributed by atoms with Crippen LogP contribution in [0.4, 0.5) is 0 Å². The molecule has 1 fully saturated rings. The van der Waals surface area contributed by atoms with Gasteiger partial charge < -0.3 is 4.90 Å². The first-order chi connectivity index (χ1) is 9.91. The Morgan fingerprint density at radius 1 is 1.43 bits per heavy atom. The van der Waals surface area contributed by atoms with Gasteiger partial charge in [0.2, 0.25) is 15.9 Å². The van der Waals surface area contributed by atoms with Gasteiger partial charge in [0.15, 0.2) is 0 Å². The molecule has 0 spiro atoms. The van der Waals surface area contributed by atoms with Gasteiger partial charge in [-0.15, -0.1) is 0 Å². The Hall–Kier alpha value is -1.91. The molecule has 112 valence electrons. The summed E-state index contributed by atoms with van der Waals surface area (Å²) in [6, 6.07) is 8.35. The van der Waals surface area contributed by atoms with Crippen molar-refractivity contribution in [2.24, 2.45) is 0 Å². The molecule has 0 bridgehead atoms. The van der Waals surface area contributed by atoms with E-state index < -0.39 is 10.0 Å². The minimum atomic E-state index is -3.55. The molecule has 1 saturated heterocycles. The lowest BCUT2D eigenvalue weighted by atomic mass is 10.1. The van der Waals surface area contributed by atoms with Gasteiger partial charge in [-0.25, -0.2) is 13.1 Å². The van der Waals surface area contributed by atoms with E-state index in [9.17, 15) is 13.2 Å². The van der Waals surface area contributed by atoms with Gasteiger partial charge in [0.05, 0.1) is 17.4 Å². The fourth-order valence-electron chi connectivity index (χ4n) is 2.36. The van der Waals surface area contributed by atoms with E-state index in [-0.39, 0.29) is 17.7 Å². The fourth-order valence-corrected chi connectivity index (χ4v) is 3.81. The third-order valence-electron chi connectivity index (χ3n) is 3.46. The van der Waals surface area contributed by atoms with Gasteiger partial charge in [0.1, 0.15) is 0 Å². The van der Waals surface area contributed by atoms with Crippen molar-refractivity contribution >= 4 is 15.9 Å². The maximum absolute atomic E-state index is 12.2. The molecular formula is C14H17N3O3S. The van der Waals surface area contributed by atoms with Gasteiger partial charge in [-0.1, -0.05) is 18.2 Å². The molecule has 1 aliphatic rings. The van der Waals surface area contributed by atoms with Crippen LogP contribution in [0.25, 0.3) is 0 Å². The number of rotatable bonds is 4. The number of carbonyl (C=O) groups is 1. The summed E-state index contributed by atoms with van der Waals surface area (Å²) in [6.07, 6.45) is 0.848. The van der Waals surface area contributed by atoms with Gasteiger partial charge in [-0.2, -0.15) is 5.26 Å². The van der Waals surface area contributed by atoms with E-state index in [2.05, 4.69) is 4.72 Å². The molecule has 1 aliphatic heterocycles. The molecule has 1 unspecified atom stereocenters. The number of likely N-dealkylation sites (tertiary alicyclic amines) is 1. The highest BCUT2D eigenvalue weighted by Crippen LogP contribution is 2.14. The molecule has 1 aromatic rings. The largest absolute Gasteiger partial charge is 0.344 e. The Balaban J connectivity index is 2.06. The molecule has 2 rings (SSSR count). The number of nitrogens with one attached hydrogen (secondary N) is 1. The molecule has 1 heterocycles. The van der Waals surface area contributed by atoms with Crippen molar-refractivity contribution < 1.29 is 13.2 Å². The Morgan fingerprint density at radius 3 is 2.81 bits per heavy atom. The highest BCUT2D eigenvalue weighted by atomic mass is 32.2. The molecule has 1 amide bonds. The predicted octanol–water partition coefficient (Wildman–Crippen LogP) is 0.598. The monoisotopic (exact) mass is 307 g/mol. The van der Waals surface area contributed by atoms with Crippen LogP contribution in [-0.2, 0) is 20.6 Å². The standard InChI is InChI=1S/C14H17N3O3S/c1-17-9-13(6-7-14(17)18)16-21(19,20)10-12-5-3-2-4-11(12)8-15/h2-5,13,16H,6-7,9-10H2,1H3. The van der Waals surface area contributed by atoms with Crippen LogP contribution in [0.1, 0.15) is 24.0 Å². The topological polar surface area (TPSA) is 90.3 Å². The third-order valence-corrected chi connectivity index (χ3v) is 4.84. The Kier molecular flexibility index (Phi) is 4.60. The smallest absolute Gasteiger partial charge is 0.222 e. The van der Waals surface area contributed by atoms with Crippen LogP contribution in [-0.4, -0.2) is 38.9 Å². The summed E-state index contributed by atoms with van der Waals surface area (Å²) in [5, 5.41) is 8.99. The first kappa shape index (κ1) is 15.5. The van der Waals surface area contributed by atoms with E-state index in [1.54, 1.807) is 31.3 Å². The molecule has 0 aliphatic carbocycles. The number of hydrogen-bond donors (Lipinski definition) is 1. The number of amides is 1. The lowest BCUT2D eigenvalue weighted by molar-refractivity contribution is -0.132. The Bertz CT molecular complexity index is 679. The molecule has 21 heavy (non-hydrogen) atoms. The maximum Gasteiger partial charge on any atom is 0.222 e. The van der Waals surface area contributed by atoms with Crippen LogP contribution >= 0.6 is 0 Å². The van der Waals surface area contributed by atoms with E-state index in [0.717, 1.165) is 0 Å². The average Bonchev–Trinajstić information content (AvgIpc) is 2.43. The van der Waals surface area contributed by atoms with E-state index in [1.165, 1.54) is 4.90 Å². The minimum absolute atomic E-state index is 0.0280. The number of carbonyl (C=O) groups excluding carboxylic acids is 1.